The molecule has 0 spiro atoms. The molecule has 0 aliphatic carbocycles. The van der Waals surface area contributed by atoms with Gasteiger partial charge in [-0.05, 0) is 74.8 Å². The summed E-state index contributed by atoms with van der Waals surface area (Å²) in [5.74, 6) is -0.412. The highest BCUT2D eigenvalue weighted by Gasteiger charge is 2.62. The summed E-state index contributed by atoms with van der Waals surface area (Å²) in [4.78, 5) is 27.8. The molecule has 3 atom stereocenters. The third kappa shape index (κ3) is 7.65. The van der Waals surface area contributed by atoms with Crippen LogP contribution in [0.5, 0.6) is 11.5 Å². The molecule has 11 heteroatoms. The second-order valence-electron chi connectivity index (χ2n) is 11.0. The molecular formula is C30H38ClF3N2O5. The summed E-state index contributed by atoms with van der Waals surface area (Å²) in [5, 5.41) is 11.1. The molecule has 1 N–H and O–H groups in total. The number of amides is 2. The van der Waals surface area contributed by atoms with Gasteiger partial charge < -0.3 is 24.4 Å². The summed E-state index contributed by atoms with van der Waals surface area (Å²) >= 11 is 6.28. The van der Waals surface area contributed by atoms with Crippen molar-refractivity contribution in [2.45, 2.75) is 57.4 Å². The van der Waals surface area contributed by atoms with E-state index in [1.54, 1.807) is 32.3 Å². The van der Waals surface area contributed by atoms with E-state index in [1.165, 1.54) is 24.1 Å². The molecule has 0 bridgehead atoms. The quantitative estimate of drug-likeness (QED) is 0.367. The molecule has 0 radical (unpaired) electrons. The van der Waals surface area contributed by atoms with Crippen molar-refractivity contribution in [3.05, 3.63) is 58.6 Å². The summed E-state index contributed by atoms with van der Waals surface area (Å²) in [6.07, 6.45) is -2.71. The smallest absolute Gasteiger partial charge is 0.430 e. The first-order valence-electron chi connectivity index (χ1n) is 13.6. The van der Waals surface area contributed by atoms with E-state index in [0.717, 1.165) is 29.9 Å². The van der Waals surface area contributed by atoms with Gasteiger partial charge in [0.15, 0.2) is 0 Å². The van der Waals surface area contributed by atoms with Gasteiger partial charge in [-0.2, -0.15) is 13.2 Å². The maximum absolute atomic E-state index is 14.1. The largest absolute Gasteiger partial charge is 0.497 e. The van der Waals surface area contributed by atoms with Crippen LogP contribution in [0, 0.1) is 11.8 Å². The van der Waals surface area contributed by atoms with Crippen LogP contribution in [0.25, 0.3) is 0 Å². The minimum absolute atomic E-state index is 0.114. The number of nitrogens with zero attached hydrogens (tertiary/aromatic N) is 2. The van der Waals surface area contributed by atoms with Gasteiger partial charge in [0, 0.05) is 32.7 Å². The van der Waals surface area contributed by atoms with Crippen molar-refractivity contribution in [3.63, 3.8) is 0 Å². The molecule has 1 aliphatic rings. The molecule has 2 aromatic carbocycles. The summed E-state index contributed by atoms with van der Waals surface area (Å²) in [6, 6.07) is 9.85. The van der Waals surface area contributed by atoms with Crippen molar-refractivity contribution >= 4 is 23.4 Å². The third-order valence-electron chi connectivity index (χ3n) is 7.49. The Morgan fingerprint density at radius 3 is 2.32 bits per heavy atom. The van der Waals surface area contributed by atoms with E-state index in [2.05, 4.69) is 6.92 Å². The Bertz CT molecular complexity index is 1220. The van der Waals surface area contributed by atoms with Gasteiger partial charge in [-0.15, -0.1) is 0 Å². The lowest BCUT2D eigenvalue weighted by Gasteiger charge is -2.39. The Hall–Kier alpha value is -2.98. The molecule has 7 nitrogen and oxygen atoms in total. The summed E-state index contributed by atoms with van der Waals surface area (Å²) in [6.45, 7) is 4.29. The van der Waals surface area contributed by atoms with Crippen LogP contribution in [0.2, 0.25) is 5.02 Å². The van der Waals surface area contributed by atoms with Crippen molar-refractivity contribution in [3.8, 4) is 11.5 Å². The van der Waals surface area contributed by atoms with Crippen molar-refractivity contribution < 1.29 is 37.3 Å². The number of methoxy groups -OCH3 is 1. The number of alkyl halides is 3. The predicted molar refractivity (Wildman–Crippen MR) is 150 cm³/mol. The van der Waals surface area contributed by atoms with Crippen molar-refractivity contribution in [1.29, 1.82) is 0 Å². The molecule has 2 aromatic rings. The Kier molecular flexibility index (Phi) is 10.6. The Morgan fingerprint density at radius 1 is 1.10 bits per heavy atom. The maximum atomic E-state index is 14.1. The van der Waals surface area contributed by atoms with Crippen molar-refractivity contribution in [1.82, 2.24) is 9.80 Å². The molecule has 1 aliphatic heterocycles. The fourth-order valence-corrected chi connectivity index (χ4v) is 5.60. The first-order chi connectivity index (χ1) is 19.2. The molecule has 41 heavy (non-hydrogen) atoms. The number of carbonyl (C=O) groups excluding carboxylic acids is 2. The summed E-state index contributed by atoms with van der Waals surface area (Å²) < 4.78 is 53.3. The predicted octanol–water partition coefficient (Wildman–Crippen LogP) is 5.92. The van der Waals surface area contributed by atoms with Crippen LogP contribution in [-0.2, 0) is 10.4 Å². The monoisotopic (exact) mass is 598 g/mol. The number of hydrogen-bond acceptors (Lipinski definition) is 5. The average Bonchev–Trinajstić information content (AvgIpc) is 2.91. The third-order valence-corrected chi connectivity index (χ3v) is 7.81. The highest BCUT2D eigenvalue weighted by atomic mass is 35.5. The first kappa shape index (κ1) is 32.5. The van der Waals surface area contributed by atoms with Gasteiger partial charge >= 0.3 is 6.18 Å². The summed E-state index contributed by atoms with van der Waals surface area (Å²) in [7, 11) is 4.60. The van der Waals surface area contributed by atoms with E-state index in [1.807, 2.05) is 6.92 Å². The summed E-state index contributed by atoms with van der Waals surface area (Å²) in [5.41, 5.74) is -3.83. The number of aliphatic hydroxyl groups is 1. The fourth-order valence-electron chi connectivity index (χ4n) is 5.35. The number of hydrogen-bond donors (Lipinski definition) is 1. The molecule has 2 unspecified atom stereocenters. The molecular weight excluding hydrogens is 561 g/mol. The van der Waals surface area contributed by atoms with Crippen LogP contribution in [0.3, 0.4) is 0 Å². The first-order valence-corrected chi connectivity index (χ1v) is 14.0. The number of rotatable bonds is 10. The molecule has 1 heterocycles. The van der Waals surface area contributed by atoms with Gasteiger partial charge in [0.25, 0.3) is 17.4 Å². The van der Waals surface area contributed by atoms with Gasteiger partial charge in [0.1, 0.15) is 11.5 Å². The molecule has 1 saturated heterocycles. The Morgan fingerprint density at radius 2 is 1.76 bits per heavy atom. The highest BCUT2D eigenvalue weighted by Crippen LogP contribution is 2.42. The molecule has 2 amide bonds. The number of ether oxygens (including phenoxy) is 2. The van der Waals surface area contributed by atoms with E-state index in [4.69, 9.17) is 21.1 Å². The van der Waals surface area contributed by atoms with E-state index < -0.39 is 23.2 Å². The molecule has 0 saturated carbocycles. The van der Waals surface area contributed by atoms with Gasteiger partial charge in [-0.3, -0.25) is 9.59 Å². The number of benzene rings is 2. The number of likely N-dealkylation sites (tertiary alicyclic amines) is 1. The minimum Gasteiger partial charge on any atom is -0.497 e. The second kappa shape index (κ2) is 13.3. The van der Waals surface area contributed by atoms with Crippen LogP contribution < -0.4 is 9.47 Å². The fraction of sp³-hybridized carbons (Fsp3) is 0.533. The minimum atomic E-state index is -5.20. The van der Waals surface area contributed by atoms with Gasteiger partial charge in [-0.1, -0.05) is 30.7 Å². The van der Waals surface area contributed by atoms with Crippen molar-refractivity contribution in [2.75, 3.05) is 34.3 Å². The highest BCUT2D eigenvalue weighted by molar-refractivity contribution is 6.34. The number of piperidine rings is 1. The lowest BCUT2D eigenvalue weighted by atomic mass is 9.84. The maximum Gasteiger partial charge on any atom is 0.430 e. The standard InChI is InChI=1S/C30H38ClF3N2O5/c1-19(15-20(2)41-24-9-10-25(26(31)18-24)27(37)35(3)4)16-21-11-13-36(14-12-21)28(38)29(39,30(32,33)34)22-7-6-8-23(17-22)40-5/h6-10,17-21,39H,11-16H2,1-5H3/t19?,20?,29-/m1/s1. The average molecular weight is 599 g/mol. The molecule has 0 aromatic heterocycles. The van der Waals surface area contributed by atoms with Crippen LogP contribution in [-0.4, -0.2) is 73.3 Å². The second-order valence-corrected chi connectivity index (χ2v) is 11.4. The zero-order valence-electron chi connectivity index (χ0n) is 24.0. The zero-order valence-corrected chi connectivity index (χ0v) is 24.8. The Balaban J connectivity index is 1.55. The SMILES string of the molecule is COc1cccc([C@@](O)(C(=O)N2CCC(CC(C)CC(C)Oc3ccc(C(=O)N(C)C)c(Cl)c3)CC2)C(F)(F)F)c1. The molecule has 3 rings (SSSR count). The lowest BCUT2D eigenvalue weighted by Crippen LogP contribution is -2.57. The van der Waals surface area contributed by atoms with E-state index >= 15 is 0 Å². The molecule has 1 fully saturated rings. The normalized spacial score (nSPS) is 17.4. The Labute approximate surface area is 244 Å². The van der Waals surface area contributed by atoms with Crippen LogP contribution >= 0.6 is 11.6 Å². The van der Waals surface area contributed by atoms with Crippen LogP contribution in [0.4, 0.5) is 13.2 Å². The lowest BCUT2D eigenvalue weighted by molar-refractivity contribution is -0.262. The van der Waals surface area contributed by atoms with Gasteiger partial charge in [0.05, 0.1) is 23.8 Å². The van der Waals surface area contributed by atoms with E-state index in [9.17, 15) is 27.9 Å². The van der Waals surface area contributed by atoms with Gasteiger partial charge in [0.2, 0.25) is 0 Å². The number of halogens is 4. The zero-order chi connectivity index (χ0) is 30.5. The van der Waals surface area contributed by atoms with E-state index in [0.29, 0.717) is 29.2 Å². The van der Waals surface area contributed by atoms with Crippen LogP contribution in [0.15, 0.2) is 42.5 Å². The van der Waals surface area contributed by atoms with Crippen LogP contribution in [0.1, 0.15) is 55.5 Å². The van der Waals surface area contributed by atoms with Gasteiger partial charge in [-0.25, -0.2) is 0 Å². The van der Waals surface area contributed by atoms with Crippen molar-refractivity contribution in [2.24, 2.45) is 11.8 Å². The topological polar surface area (TPSA) is 79.3 Å². The van der Waals surface area contributed by atoms with E-state index in [-0.39, 0.29) is 42.7 Å². The number of carbonyl (C=O) groups is 2. The molecule has 226 valence electrons.